The highest BCUT2D eigenvalue weighted by Gasteiger charge is 2.33. The van der Waals surface area contributed by atoms with Crippen LogP contribution in [0.25, 0.3) is 0 Å². The van der Waals surface area contributed by atoms with Crippen LogP contribution in [-0.4, -0.2) is 36.1 Å². The maximum atomic E-state index is 12.4. The van der Waals surface area contributed by atoms with Crippen LogP contribution in [0.4, 0.5) is 23.0 Å². The van der Waals surface area contributed by atoms with Crippen LogP contribution in [0.2, 0.25) is 0 Å². The first kappa shape index (κ1) is 18.2. The zero-order chi connectivity index (χ0) is 18.5. The number of carbonyl (C=O) groups is 1. The number of methoxy groups -OCH3 is 1. The fraction of sp³-hybridized carbons (Fsp3) is 0.450. The molecule has 6 nitrogen and oxygen atoms in total. The molecule has 0 N–H and O–H groups in total. The number of hydrogen-bond donors (Lipinski definition) is 0. The second-order valence-corrected chi connectivity index (χ2v) is 6.38. The predicted octanol–water partition coefficient (Wildman–Crippen LogP) is 4.45. The third-order valence-electron chi connectivity index (χ3n) is 4.62. The lowest BCUT2D eigenvalue weighted by Crippen LogP contribution is -2.33. The first-order valence-corrected chi connectivity index (χ1v) is 9.30. The fourth-order valence-electron chi connectivity index (χ4n) is 3.29. The Morgan fingerprint density at radius 3 is 2.38 bits per heavy atom. The quantitative estimate of drug-likeness (QED) is 0.685. The Balaban J connectivity index is 2.19. The summed E-state index contributed by atoms with van der Waals surface area (Å²) >= 11 is 0. The molecule has 0 saturated carbocycles. The minimum atomic E-state index is -0.340. The summed E-state index contributed by atoms with van der Waals surface area (Å²) in [5.41, 5.74) is 2.39. The van der Waals surface area contributed by atoms with Gasteiger partial charge in [-0.2, -0.15) is 0 Å². The third kappa shape index (κ3) is 3.23. The van der Waals surface area contributed by atoms with Gasteiger partial charge in [0.05, 0.1) is 24.0 Å². The molecule has 0 fully saturated rings. The van der Waals surface area contributed by atoms with E-state index in [4.69, 9.17) is 4.74 Å². The highest BCUT2D eigenvalue weighted by atomic mass is 16.5. The van der Waals surface area contributed by atoms with Crippen molar-refractivity contribution in [2.75, 3.05) is 30.0 Å². The molecule has 0 spiro atoms. The van der Waals surface area contributed by atoms with Gasteiger partial charge in [0.2, 0.25) is 0 Å². The van der Waals surface area contributed by atoms with E-state index in [1.54, 1.807) is 12.3 Å². The second kappa shape index (κ2) is 8.17. The van der Waals surface area contributed by atoms with Crippen LogP contribution in [0.5, 0.6) is 0 Å². The zero-order valence-electron chi connectivity index (χ0n) is 15.7. The predicted molar refractivity (Wildman–Crippen MR) is 104 cm³/mol. The lowest BCUT2D eigenvalue weighted by Gasteiger charge is -2.39. The average Bonchev–Trinajstić information content (AvgIpc) is 2.69. The van der Waals surface area contributed by atoms with Crippen LogP contribution in [0.15, 0.2) is 30.6 Å². The molecule has 0 aliphatic carbocycles. The summed E-state index contributed by atoms with van der Waals surface area (Å²) in [5, 5.41) is 0. The average molecular weight is 354 g/mol. The van der Waals surface area contributed by atoms with Crippen molar-refractivity contribution in [2.24, 2.45) is 0 Å². The maximum Gasteiger partial charge on any atom is 0.340 e. The summed E-state index contributed by atoms with van der Waals surface area (Å²) in [4.78, 5) is 26.0. The number of rotatable bonds is 7. The Hall–Kier alpha value is -2.63. The molecule has 1 aliphatic heterocycles. The Morgan fingerprint density at radius 2 is 1.69 bits per heavy atom. The van der Waals surface area contributed by atoms with E-state index in [0.717, 1.165) is 61.8 Å². The minimum Gasteiger partial charge on any atom is -0.465 e. The van der Waals surface area contributed by atoms with E-state index in [1.807, 2.05) is 12.3 Å². The molecule has 6 heteroatoms. The summed E-state index contributed by atoms with van der Waals surface area (Å²) in [6.07, 6.45) is 7.66. The second-order valence-electron chi connectivity index (χ2n) is 6.38. The van der Waals surface area contributed by atoms with Gasteiger partial charge < -0.3 is 14.5 Å². The smallest absolute Gasteiger partial charge is 0.340 e. The van der Waals surface area contributed by atoms with Gasteiger partial charge in [-0.05, 0) is 31.0 Å². The number of fused-ring (bicyclic) bond motifs is 2. The van der Waals surface area contributed by atoms with Crippen molar-refractivity contribution in [3.8, 4) is 0 Å². The van der Waals surface area contributed by atoms with Crippen LogP contribution >= 0.6 is 0 Å². The molecule has 26 heavy (non-hydrogen) atoms. The number of carbonyl (C=O) groups excluding carboxylic acids is 1. The molecular weight excluding hydrogens is 328 g/mol. The van der Waals surface area contributed by atoms with E-state index in [0.29, 0.717) is 5.56 Å². The third-order valence-corrected chi connectivity index (χ3v) is 4.62. The molecule has 0 radical (unpaired) electrons. The van der Waals surface area contributed by atoms with Crippen molar-refractivity contribution in [3.05, 3.63) is 36.2 Å². The van der Waals surface area contributed by atoms with Gasteiger partial charge in [0.1, 0.15) is 0 Å². The standard InChI is InChI=1S/C20H26N4O2/c1-4-6-13-23-16-9-8-11-21-18(16)24(14-7-5-2)19-17(23)15(10-12-22-19)20(25)26-3/h8-12H,4-7,13-14H2,1-3H3. The molecular formula is C20H26N4O2. The fourth-order valence-corrected chi connectivity index (χ4v) is 3.29. The van der Waals surface area contributed by atoms with Gasteiger partial charge in [0.15, 0.2) is 11.6 Å². The Kier molecular flexibility index (Phi) is 5.71. The topological polar surface area (TPSA) is 58.6 Å². The van der Waals surface area contributed by atoms with E-state index < -0.39 is 0 Å². The van der Waals surface area contributed by atoms with E-state index >= 15 is 0 Å². The maximum absolute atomic E-state index is 12.4. The molecule has 2 aromatic heterocycles. The first-order valence-electron chi connectivity index (χ1n) is 9.30. The SMILES string of the molecule is CCCCN1c2ncccc2N(CCCC)c2c(C(=O)OC)ccnc21. The van der Waals surface area contributed by atoms with E-state index in [2.05, 4.69) is 39.7 Å². The van der Waals surface area contributed by atoms with Crippen LogP contribution < -0.4 is 9.80 Å². The van der Waals surface area contributed by atoms with Crippen molar-refractivity contribution in [1.82, 2.24) is 9.97 Å². The molecule has 0 amide bonds. The Morgan fingerprint density at radius 1 is 1.00 bits per heavy atom. The summed E-state index contributed by atoms with van der Waals surface area (Å²) in [7, 11) is 1.42. The molecule has 2 aromatic rings. The van der Waals surface area contributed by atoms with Crippen molar-refractivity contribution < 1.29 is 9.53 Å². The van der Waals surface area contributed by atoms with E-state index in [9.17, 15) is 4.79 Å². The van der Waals surface area contributed by atoms with E-state index in [1.165, 1.54) is 7.11 Å². The van der Waals surface area contributed by atoms with Gasteiger partial charge in [-0.15, -0.1) is 0 Å². The molecule has 1 aliphatic rings. The molecule has 0 unspecified atom stereocenters. The normalized spacial score (nSPS) is 12.6. The Labute approximate surface area is 154 Å². The number of nitrogens with zero attached hydrogens (tertiary/aromatic N) is 4. The lowest BCUT2D eigenvalue weighted by molar-refractivity contribution is 0.0601. The molecule has 0 aromatic carbocycles. The summed E-state index contributed by atoms with van der Waals surface area (Å²) in [5.74, 6) is 1.34. The number of hydrogen-bond acceptors (Lipinski definition) is 6. The number of ether oxygens (including phenoxy) is 1. The number of pyridine rings is 2. The molecule has 0 bridgehead atoms. The van der Waals surface area contributed by atoms with Crippen LogP contribution in [0, 0.1) is 0 Å². The van der Waals surface area contributed by atoms with Gasteiger partial charge in [-0.25, -0.2) is 14.8 Å². The van der Waals surface area contributed by atoms with Crippen molar-refractivity contribution >= 4 is 29.0 Å². The van der Waals surface area contributed by atoms with Gasteiger partial charge in [0.25, 0.3) is 0 Å². The van der Waals surface area contributed by atoms with E-state index in [-0.39, 0.29) is 5.97 Å². The van der Waals surface area contributed by atoms with Crippen molar-refractivity contribution in [3.63, 3.8) is 0 Å². The van der Waals surface area contributed by atoms with Crippen LogP contribution in [-0.2, 0) is 4.74 Å². The van der Waals surface area contributed by atoms with Crippen molar-refractivity contribution in [1.29, 1.82) is 0 Å². The van der Waals surface area contributed by atoms with Gasteiger partial charge in [0, 0.05) is 25.5 Å². The summed E-state index contributed by atoms with van der Waals surface area (Å²) in [6, 6.07) is 5.74. The minimum absolute atomic E-state index is 0.340. The number of anilines is 4. The van der Waals surface area contributed by atoms with Crippen LogP contribution in [0.1, 0.15) is 49.9 Å². The summed E-state index contributed by atoms with van der Waals surface area (Å²) in [6.45, 7) is 5.94. The number of aromatic nitrogens is 2. The largest absolute Gasteiger partial charge is 0.465 e. The van der Waals surface area contributed by atoms with Crippen LogP contribution in [0.3, 0.4) is 0 Å². The number of unbranched alkanes of at least 4 members (excludes halogenated alkanes) is 2. The Bertz CT molecular complexity index is 778. The van der Waals surface area contributed by atoms with Gasteiger partial charge in [-0.1, -0.05) is 26.7 Å². The molecule has 3 rings (SSSR count). The summed E-state index contributed by atoms with van der Waals surface area (Å²) < 4.78 is 5.03. The molecule has 0 atom stereocenters. The van der Waals surface area contributed by atoms with Gasteiger partial charge in [-0.3, -0.25) is 0 Å². The monoisotopic (exact) mass is 354 g/mol. The molecule has 3 heterocycles. The highest BCUT2D eigenvalue weighted by Crippen LogP contribution is 2.47. The van der Waals surface area contributed by atoms with Crippen molar-refractivity contribution in [2.45, 2.75) is 39.5 Å². The highest BCUT2D eigenvalue weighted by molar-refractivity contribution is 6.03. The number of esters is 1. The zero-order valence-corrected chi connectivity index (χ0v) is 15.7. The van der Waals surface area contributed by atoms with Gasteiger partial charge >= 0.3 is 5.97 Å². The molecule has 0 saturated heterocycles. The molecule has 138 valence electrons. The first-order chi connectivity index (χ1) is 12.7. The lowest BCUT2D eigenvalue weighted by atomic mass is 10.1.